The molecule has 0 spiro atoms. The minimum absolute atomic E-state index is 0.0773. The second kappa shape index (κ2) is 4.84. The van der Waals surface area contributed by atoms with Gasteiger partial charge in [-0.25, -0.2) is 0 Å². The molecule has 2 unspecified atom stereocenters. The van der Waals surface area contributed by atoms with Crippen LogP contribution in [0.2, 0.25) is 0 Å². The van der Waals surface area contributed by atoms with E-state index in [1.807, 2.05) is 0 Å². The largest absolute Gasteiger partial charge is 0.416 e. The highest BCUT2D eigenvalue weighted by atomic mass is 19.4. The number of pyridine rings is 1. The zero-order valence-corrected chi connectivity index (χ0v) is 10.7. The van der Waals surface area contributed by atoms with Crippen LogP contribution in [0.15, 0.2) is 18.3 Å². The predicted molar refractivity (Wildman–Crippen MR) is 64.2 cm³/mol. The average molecular weight is 285 g/mol. The van der Waals surface area contributed by atoms with Crippen molar-refractivity contribution in [3.63, 3.8) is 0 Å². The summed E-state index contributed by atoms with van der Waals surface area (Å²) in [5.74, 6) is -0.562. The Labute approximate surface area is 114 Å². The Morgan fingerprint density at radius 3 is 2.50 bits per heavy atom. The van der Waals surface area contributed by atoms with Gasteiger partial charge in [0.2, 0.25) is 0 Å². The number of ketones is 1. The maximum Gasteiger partial charge on any atom is 0.416 e. The minimum atomic E-state index is -4.45. The van der Waals surface area contributed by atoms with E-state index in [9.17, 15) is 18.0 Å². The first kappa shape index (κ1) is 13.5. The summed E-state index contributed by atoms with van der Waals surface area (Å²) in [6, 6.07) is 1.73. The van der Waals surface area contributed by atoms with Crippen LogP contribution in [0.25, 0.3) is 0 Å². The molecule has 2 saturated heterocycles. The third kappa shape index (κ3) is 2.57. The van der Waals surface area contributed by atoms with Crippen molar-refractivity contribution in [3.8, 4) is 0 Å². The molecule has 1 aromatic rings. The van der Waals surface area contributed by atoms with Gasteiger partial charge in [0, 0.05) is 12.1 Å². The van der Waals surface area contributed by atoms with Crippen LogP contribution in [-0.2, 0) is 10.9 Å². The molecule has 2 atom stereocenters. The Morgan fingerprint density at radius 2 is 1.90 bits per heavy atom. The topological polar surface area (TPSA) is 39.2 Å². The summed E-state index contributed by atoms with van der Waals surface area (Å²) in [5.41, 5.74) is -0.919. The molecule has 3 heterocycles. The molecule has 0 amide bonds. The minimum Gasteiger partial charge on any atom is -0.375 e. The average Bonchev–Trinajstić information content (AvgIpc) is 2.76. The molecule has 0 radical (unpaired) electrons. The van der Waals surface area contributed by atoms with Gasteiger partial charge in [-0.1, -0.05) is 0 Å². The normalized spacial score (nSPS) is 29.4. The molecule has 2 aliphatic heterocycles. The number of halogens is 3. The highest BCUT2D eigenvalue weighted by Crippen LogP contribution is 2.37. The molecule has 3 nitrogen and oxygen atoms in total. The summed E-state index contributed by atoms with van der Waals surface area (Å²) in [7, 11) is 0. The summed E-state index contributed by atoms with van der Waals surface area (Å²) in [4.78, 5) is 16.1. The van der Waals surface area contributed by atoms with Crippen molar-refractivity contribution in [3.05, 3.63) is 29.6 Å². The standard InChI is InChI=1S/C14H14F3NO2/c15-14(16,17)9-3-4-18-12(7-9)13(19)8-5-10-1-2-11(6-8)20-10/h3-4,7-8,10-11H,1-2,5-6H2. The van der Waals surface area contributed by atoms with Crippen LogP contribution < -0.4 is 0 Å². The van der Waals surface area contributed by atoms with Gasteiger partial charge < -0.3 is 4.74 Å². The van der Waals surface area contributed by atoms with Crippen molar-refractivity contribution >= 4 is 5.78 Å². The van der Waals surface area contributed by atoms with Gasteiger partial charge in [-0.15, -0.1) is 0 Å². The smallest absolute Gasteiger partial charge is 0.375 e. The number of nitrogens with zero attached hydrogens (tertiary/aromatic N) is 1. The lowest BCUT2D eigenvalue weighted by atomic mass is 9.89. The summed E-state index contributed by atoms with van der Waals surface area (Å²) in [6.07, 6.45) is -0.200. The number of aromatic nitrogens is 1. The number of hydrogen-bond acceptors (Lipinski definition) is 3. The fourth-order valence-electron chi connectivity index (χ4n) is 3.02. The van der Waals surface area contributed by atoms with Crippen LogP contribution in [-0.4, -0.2) is 23.0 Å². The van der Waals surface area contributed by atoms with E-state index in [0.29, 0.717) is 12.8 Å². The molecule has 0 aromatic carbocycles. The quantitative estimate of drug-likeness (QED) is 0.783. The van der Waals surface area contributed by atoms with Gasteiger partial charge >= 0.3 is 6.18 Å². The van der Waals surface area contributed by atoms with E-state index in [1.165, 1.54) is 0 Å². The van der Waals surface area contributed by atoms with Crippen molar-refractivity contribution in [2.75, 3.05) is 0 Å². The van der Waals surface area contributed by atoms with Crippen LogP contribution in [0.3, 0.4) is 0 Å². The second-order valence-electron chi connectivity index (χ2n) is 5.42. The fraction of sp³-hybridized carbons (Fsp3) is 0.571. The number of carbonyl (C=O) groups excluding carboxylic acids is 1. The van der Waals surface area contributed by atoms with Crippen LogP contribution >= 0.6 is 0 Å². The highest BCUT2D eigenvalue weighted by Gasteiger charge is 2.39. The first-order chi connectivity index (χ1) is 9.43. The number of Topliss-reactive ketones (excluding diaryl/α,β-unsaturated/α-hetero) is 1. The summed E-state index contributed by atoms with van der Waals surface area (Å²) >= 11 is 0. The van der Waals surface area contributed by atoms with Crippen molar-refractivity contribution in [1.29, 1.82) is 0 Å². The van der Waals surface area contributed by atoms with E-state index in [1.54, 1.807) is 0 Å². The number of ether oxygens (including phenoxy) is 1. The van der Waals surface area contributed by atoms with Crippen LogP contribution in [0, 0.1) is 5.92 Å². The molecular weight excluding hydrogens is 271 g/mol. The zero-order chi connectivity index (χ0) is 14.3. The molecule has 2 aliphatic rings. The summed E-state index contributed by atoms with van der Waals surface area (Å²) in [6.45, 7) is 0. The number of fused-ring (bicyclic) bond motifs is 2. The molecule has 0 aliphatic carbocycles. The Hall–Kier alpha value is -1.43. The lowest BCUT2D eigenvalue weighted by molar-refractivity contribution is -0.137. The first-order valence-electron chi connectivity index (χ1n) is 6.66. The molecule has 6 heteroatoms. The van der Waals surface area contributed by atoms with E-state index in [0.717, 1.165) is 31.2 Å². The lowest BCUT2D eigenvalue weighted by Crippen LogP contribution is -2.30. The third-order valence-electron chi connectivity index (χ3n) is 4.00. The molecule has 1 aromatic heterocycles. The van der Waals surface area contributed by atoms with Gasteiger partial charge in [0.25, 0.3) is 0 Å². The Kier molecular flexibility index (Phi) is 3.28. The van der Waals surface area contributed by atoms with Crippen molar-refractivity contribution in [2.24, 2.45) is 5.92 Å². The molecule has 2 fully saturated rings. The van der Waals surface area contributed by atoms with Gasteiger partial charge in [0.1, 0.15) is 5.69 Å². The number of hydrogen-bond donors (Lipinski definition) is 0. The molecule has 0 N–H and O–H groups in total. The Balaban J connectivity index is 1.80. The first-order valence-corrected chi connectivity index (χ1v) is 6.66. The van der Waals surface area contributed by atoms with Crippen LogP contribution in [0.4, 0.5) is 13.2 Å². The van der Waals surface area contributed by atoms with E-state index < -0.39 is 11.7 Å². The third-order valence-corrected chi connectivity index (χ3v) is 4.00. The fourth-order valence-corrected chi connectivity index (χ4v) is 3.02. The predicted octanol–water partition coefficient (Wildman–Crippen LogP) is 3.24. The molecule has 0 saturated carbocycles. The maximum atomic E-state index is 12.6. The summed E-state index contributed by atoms with van der Waals surface area (Å²) in [5, 5.41) is 0. The van der Waals surface area contributed by atoms with Gasteiger partial charge in [-0.05, 0) is 37.8 Å². The monoisotopic (exact) mass is 285 g/mol. The second-order valence-corrected chi connectivity index (χ2v) is 5.42. The van der Waals surface area contributed by atoms with Crippen molar-refractivity contribution in [1.82, 2.24) is 4.98 Å². The summed E-state index contributed by atoms with van der Waals surface area (Å²) < 4.78 is 43.6. The van der Waals surface area contributed by atoms with Gasteiger partial charge in [0.15, 0.2) is 5.78 Å². The molecule has 108 valence electrons. The molecule has 2 bridgehead atoms. The van der Waals surface area contributed by atoms with Crippen LogP contribution in [0.5, 0.6) is 0 Å². The van der Waals surface area contributed by atoms with Crippen molar-refractivity contribution < 1.29 is 22.7 Å². The van der Waals surface area contributed by atoms with E-state index >= 15 is 0 Å². The zero-order valence-electron chi connectivity index (χ0n) is 10.7. The lowest BCUT2D eigenvalue weighted by Gasteiger charge is -2.27. The number of alkyl halides is 3. The number of rotatable bonds is 2. The van der Waals surface area contributed by atoms with Gasteiger partial charge in [-0.3, -0.25) is 9.78 Å². The van der Waals surface area contributed by atoms with E-state index in [-0.39, 0.29) is 29.6 Å². The molecular formula is C14H14F3NO2. The molecule has 20 heavy (non-hydrogen) atoms. The van der Waals surface area contributed by atoms with Gasteiger partial charge in [0.05, 0.1) is 17.8 Å². The Bertz CT molecular complexity index is 517. The van der Waals surface area contributed by atoms with Crippen LogP contribution in [0.1, 0.15) is 41.7 Å². The molecule has 3 rings (SSSR count). The SMILES string of the molecule is O=C(c1cc(C(F)(F)F)ccn1)C1CC2CCC(C1)O2. The number of carbonyl (C=O) groups is 1. The maximum absolute atomic E-state index is 12.6. The van der Waals surface area contributed by atoms with Crippen molar-refractivity contribution in [2.45, 2.75) is 44.1 Å². The van der Waals surface area contributed by atoms with E-state index in [2.05, 4.69) is 4.98 Å². The highest BCUT2D eigenvalue weighted by molar-refractivity contribution is 5.96. The Morgan fingerprint density at radius 1 is 1.25 bits per heavy atom. The van der Waals surface area contributed by atoms with E-state index in [4.69, 9.17) is 4.74 Å². The van der Waals surface area contributed by atoms with Gasteiger partial charge in [-0.2, -0.15) is 13.2 Å².